The maximum Gasteiger partial charge on any atom is 0.230 e. The summed E-state index contributed by atoms with van der Waals surface area (Å²) >= 11 is 3.99. The average Bonchev–Trinajstić information content (AvgIpc) is 1.88. The minimum absolute atomic E-state index is 0.798. The molecule has 9 heavy (non-hydrogen) atoms. The molecule has 0 saturated heterocycles. The summed E-state index contributed by atoms with van der Waals surface area (Å²) in [5.74, 6) is 0. The molecule has 0 radical (unpaired) electrons. The third-order valence-corrected chi connectivity index (χ3v) is 1.78. The zero-order valence-electron chi connectivity index (χ0n) is 5.03. The van der Waals surface area contributed by atoms with Crippen LogP contribution in [0.1, 0.15) is 0 Å². The lowest BCUT2D eigenvalue weighted by molar-refractivity contribution is 0.462. The van der Waals surface area contributed by atoms with Crippen molar-refractivity contribution in [3.05, 3.63) is 0 Å². The summed E-state index contributed by atoms with van der Waals surface area (Å²) < 4.78 is 5.46. The summed E-state index contributed by atoms with van der Waals surface area (Å²) in [6, 6.07) is 0. The van der Waals surface area contributed by atoms with E-state index in [9.17, 15) is 0 Å². The highest BCUT2D eigenvalue weighted by molar-refractivity contribution is 14.1. The van der Waals surface area contributed by atoms with Crippen molar-refractivity contribution in [2.45, 2.75) is 0 Å². The number of hydrogen-bond donors (Lipinski definition) is 1. The summed E-state index contributed by atoms with van der Waals surface area (Å²) in [5, 5.41) is 6.75. The number of nitrogens with zero attached hydrogens (tertiary/aromatic N) is 1. The van der Waals surface area contributed by atoms with E-state index < -0.39 is 0 Å². The van der Waals surface area contributed by atoms with Gasteiger partial charge in [0.05, 0.1) is 5.71 Å². The summed E-state index contributed by atoms with van der Waals surface area (Å²) in [6.07, 6.45) is 0. The van der Waals surface area contributed by atoms with Crippen molar-refractivity contribution in [1.29, 1.82) is 0 Å². The van der Waals surface area contributed by atoms with Gasteiger partial charge in [-0.3, -0.25) is 0 Å². The lowest BCUT2D eigenvalue weighted by Crippen LogP contribution is -2.19. The SMILES string of the molecule is CNC/C(CI)=N\OI. The van der Waals surface area contributed by atoms with Crippen molar-refractivity contribution in [2.75, 3.05) is 18.0 Å². The van der Waals surface area contributed by atoms with Crippen LogP contribution < -0.4 is 5.32 Å². The molecule has 0 aliphatic rings. The van der Waals surface area contributed by atoms with Crippen molar-refractivity contribution in [3.8, 4) is 0 Å². The summed E-state index contributed by atoms with van der Waals surface area (Å²) in [4.78, 5) is 0. The van der Waals surface area contributed by atoms with Gasteiger partial charge in [-0.05, 0) is 7.05 Å². The van der Waals surface area contributed by atoms with Gasteiger partial charge in [0.15, 0.2) is 0 Å². The molecule has 3 nitrogen and oxygen atoms in total. The van der Waals surface area contributed by atoms with E-state index in [-0.39, 0.29) is 0 Å². The van der Waals surface area contributed by atoms with Gasteiger partial charge in [-0.1, -0.05) is 27.7 Å². The zero-order chi connectivity index (χ0) is 7.11. The number of hydrogen-bond acceptors (Lipinski definition) is 3. The average molecular weight is 354 g/mol. The monoisotopic (exact) mass is 354 g/mol. The molecule has 0 amide bonds. The second kappa shape index (κ2) is 7.00. The molecule has 0 aromatic rings. The third-order valence-electron chi connectivity index (χ3n) is 0.699. The van der Waals surface area contributed by atoms with E-state index in [2.05, 4.69) is 36.2 Å². The molecule has 54 valence electrons. The minimum Gasteiger partial charge on any atom is -0.327 e. The minimum atomic E-state index is 0.798. The van der Waals surface area contributed by atoms with E-state index in [1.807, 2.05) is 7.05 Å². The Hall–Kier alpha value is 0.890. The molecular formula is C4H8I2N2O. The van der Waals surface area contributed by atoms with Crippen molar-refractivity contribution < 1.29 is 3.17 Å². The highest BCUT2D eigenvalue weighted by Crippen LogP contribution is 1.91. The first-order chi connectivity index (χ1) is 4.35. The Balaban J connectivity index is 3.53. The topological polar surface area (TPSA) is 33.6 Å². The normalized spacial score (nSPS) is 11.7. The van der Waals surface area contributed by atoms with E-state index >= 15 is 0 Å². The Bertz CT molecular complexity index is 96.6. The number of halogens is 2. The Morgan fingerprint density at radius 1 is 1.78 bits per heavy atom. The van der Waals surface area contributed by atoms with Crippen LogP contribution in [0.2, 0.25) is 0 Å². The number of oxime groups is 1. The number of rotatable bonds is 4. The van der Waals surface area contributed by atoms with Crippen LogP contribution in [0.4, 0.5) is 0 Å². The standard InChI is InChI=1S/C4H8I2N2O/c1-7-3-4(2-5)8-9-6/h7H,2-3H2,1H3/b8-4-. The van der Waals surface area contributed by atoms with Gasteiger partial charge in [0.25, 0.3) is 0 Å². The van der Waals surface area contributed by atoms with Gasteiger partial charge >= 0.3 is 0 Å². The third kappa shape index (κ3) is 5.34. The quantitative estimate of drug-likeness (QED) is 0.358. The maximum absolute atomic E-state index is 4.56. The molecule has 0 aliphatic heterocycles. The molecule has 0 saturated carbocycles. The van der Waals surface area contributed by atoms with E-state index in [1.165, 1.54) is 0 Å². The van der Waals surface area contributed by atoms with Gasteiger partial charge in [-0.2, -0.15) is 0 Å². The first kappa shape index (κ1) is 9.89. The highest BCUT2D eigenvalue weighted by Gasteiger charge is 1.93. The van der Waals surface area contributed by atoms with Crippen LogP contribution in [0, 0.1) is 0 Å². The fraction of sp³-hybridized carbons (Fsp3) is 0.750. The van der Waals surface area contributed by atoms with Crippen molar-refractivity contribution in [3.63, 3.8) is 0 Å². The van der Waals surface area contributed by atoms with Gasteiger partial charge in [0.2, 0.25) is 23.0 Å². The first-order valence-corrected chi connectivity index (χ1v) is 4.79. The fourth-order valence-corrected chi connectivity index (χ4v) is 1.04. The van der Waals surface area contributed by atoms with Gasteiger partial charge in [0.1, 0.15) is 0 Å². The van der Waals surface area contributed by atoms with Crippen molar-refractivity contribution in [2.24, 2.45) is 5.16 Å². The molecule has 0 aromatic carbocycles. The Morgan fingerprint density at radius 2 is 2.44 bits per heavy atom. The molecule has 0 fully saturated rings. The zero-order valence-corrected chi connectivity index (χ0v) is 9.34. The molecule has 0 unspecified atom stereocenters. The molecular weight excluding hydrogens is 346 g/mol. The highest BCUT2D eigenvalue weighted by atomic mass is 127. The van der Waals surface area contributed by atoms with E-state index in [1.54, 1.807) is 23.0 Å². The number of nitrogens with one attached hydrogen (secondary N) is 1. The molecule has 0 spiro atoms. The summed E-state index contributed by atoms with van der Waals surface area (Å²) in [7, 11) is 1.88. The summed E-state index contributed by atoms with van der Waals surface area (Å²) in [6.45, 7) is 0.798. The lowest BCUT2D eigenvalue weighted by atomic mass is 10.4. The maximum atomic E-state index is 4.56. The molecule has 5 heteroatoms. The molecule has 0 rings (SSSR count). The van der Waals surface area contributed by atoms with Gasteiger partial charge in [-0.15, -0.1) is 0 Å². The van der Waals surface area contributed by atoms with Crippen LogP contribution in [0.15, 0.2) is 5.16 Å². The molecule has 0 aromatic heterocycles. The molecule has 0 atom stereocenters. The summed E-state index contributed by atoms with van der Waals surface area (Å²) in [5.41, 5.74) is 1.02. The largest absolute Gasteiger partial charge is 0.327 e. The van der Waals surface area contributed by atoms with Crippen LogP contribution in [0.5, 0.6) is 0 Å². The molecule has 0 heterocycles. The van der Waals surface area contributed by atoms with Gasteiger partial charge < -0.3 is 8.48 Å². The second-order valence-electron chi connectivity index (χ2n) is 1.39. The van der Waals surface area contributed by atoms with Crippen LogP contribution >= 0.6 is 45.6 Å². The molecule has 1 N–H and O–H groups in total. The number of alkyl halides is 1. The van der Waals surface area contributed by atoms with Crippen LogP contribution in [0.3, 0.4) is 0 Å². The van der Waals surface area contributed by atoms with Gasteiger partial charge in [0, 0.05) is 11.0 Å². The predicted octanol–water partition coefficient (Wildman–Crippen LogP) is 1.36. The Labute approximate surface area is 82.4 Å². The van der Waals surface area contributed by atoms with E-state index in [0.29, 0.717) is 0 Å². The first-order valence-electron chi connectivity index (χ1n) is 2.39. The lowest BCUT2D eigenvalue weighted by Gasteiger charge is -1.96. The fourth-order valence-electron chi connectivity index (χ4n) is 0.357. The van der Waals surface area contributed by atoms with E-state index in [4.69, 9.17) is 0 Å². The van der Waals surface area contributed by atoms with E-state index in [0.717, 1.165) is 16.7 Å². The van der Waals surface area contributed by atoms with Crippen LogP contribution in [-0.4, -0.2) is 23.7 Å². The Morgan fingerprint density at radius 3 is 2.78 bits per heavy atom. The Kier molecular flexibility index (Phi) is 7.69. The smallest absolute Gasteiger partial charge is 0.230 e. The van der Waals surface area contributed by atoms with Crippen LogP contribution in [0.25, 0.3) is 0 Å². The van der Waals surface area contributed by atoms with Crippen molar-refractivity contribution >= 4 is 51.3 Å². The second-order valence-corrected chi connectivity index (χ2v) is 2.55. The molecule has 0 aliphatic carbocycles. The van der Waals surface area contributed by atoms with Crippen LogP contribution in [-0.2, 0) is 3.17 Å². The van der Waals surface area contributed by atoms with Gasteiger partial charge in [-0.25, -0.2) is 0 Å². The van der Waals surface area contributed by atoms with Crippen molar-refractivity contribution in [1.82, 2.24) is 5.32 Å². The predicted molar refractivity (Wildman–Crippen MR) is 55.4 cm³/mol. The molecule has 0 bridgehead atoms.